The van der Waals surface area contributed by atoms with Gasteiger partial charge in [-0.05, 0) is 49.8 Å². The van der Waals surface area contributed by atoms with Crippen LogP contribution in [0.25, 0.3) is 0 Å². The molecule has 0 aliphatic heterocycles. The van der Waals surface area contributed by atoms with Crippen molar-refractivity contribution in [3.05, 3.63) is 34.6 Å². The molecule has 2 N–H and O–H groups in total. The largest absolute Gasteiger partial charge is 0.379 e. The van der Waals surface area contributed by atoms with Gasteiger partial charge in [-0.15, -0.1) is 0 Å². The van der Waals surface area contributed by atoms with Crippen molar-refractivity contribution < 1.29 is 9.13 Å². The van der Waals surface area contributed by atoms with Gasteiger partial charge in [-0.1, -0.05) is 6.07 Å². The van der Waals surface area contributed by atoms with E-state index in [0.29, 0.717) is 11.5 Å². The lowest BCUT2D eigenvalue weighted by Gasteiger charge is -2.24. The minimum atomic E-state index is -0.368. The Morgan fingerprint density at radius 2 is 2.00 bits per heavy atom. The van der Waals surface area contributed by atoms with Crippen molar-refractivity contribution >= 4 is 0 Å². The summed E-state index contributed by atoms with van der Waals surface area (Å²) in [4.78, 5) is 0. The average molecular weight is 237 g/mol. The van der Waals surface area contributed by atoms with Gasteiger partial charge in [-0.3, -0.25) is 0 Å². The zero-order chi connectivity index (χ0) is 12.6. The lowest BCUT2D eigenvalue weighted by Crippen LogP contribution is -2.31. The number of hydrogen-bond donors (Lipinski definition) is 1. The second kappa shape index (κ2) is 4.75. The smallest absolute Gasteiger partial charge is 0.128 e. The number of hydrogen-bond acceptors (Lipinski definition) is 2. The first-order chi connectivity index (χ1) is 8.04. The van der Waals surface area contributed by atoms with Crippen molar-refractivity contribution in [2.24, 2.45) is 11.7 Å². The third-order valence-electron chi connectivity index (χ3n) is 3.53. The van der Waals surface area contributed by atoms with Gasteiger partial charge in [0.25, 0.3) is 0 Å². The first kappa shape index (κ1) is 12.5. The molecular weight excluding hydrogens is 217 g/mol. The number of rotatable bonds is 4. The standard InChI is InChI=1S/C14H20FNO/c1-8-6-9(2)12(11(15)7-8)13(16)14(17-3)10-4-5-10/h6-7,10,13-14H,4-5,16H2,1-3H3. The van der Waals surface area contributed by atoms with E-state index in [1.165, 1.54) is 0 Å². The number of methoxy groups -OCH3 is 1. The molecule has 17 heavy (non-hydrogen) atoms. The molecule has 1 fully saturated rings. The van der Waals surface area contributed by atoms with Crippen LogP contribution in [0.15, 0.2) is 12.1 Å². The molecule has 1 aliphatic rings. The summed E-state index contributed by atoms with van der Waals surface area (Å²) in [5.41, 5.74) is 8.63. The van der Waals surface area contributed by atoms with E-state index in [4.69, 9.17) is 10.5 Å². The summed E-state index contributed by atoms with van der Waals surface area (Å²) in [6, 6.07) is 3.15. The van der Waals surface area contributed by atoms with Crippen LogP contribution < -0.4 is 5.73 Å². The van der Waals surface area contributed by atoms with Crippen LogP contribution in [0.1, 0.15) is 35.6 Å². The Labute approximate surface area is 102 Å². The molecule has 0 aromatic heterocycles. The van der Waals surface area contributed by atoms with E-state index < -0.39 is 0 Å². The Hall–Kier alpha value is -0.930. The highest BCUT2D eigenvalue weighted by Crippen LogP contribution is 2.40. The molecule has 2 rings (SSSR count). The molecule has 0 amide bonds. The Bertz CT molecular complexity index is 392. The number of nitrogens with two attached hydrogens (primary N) is 1. The lowest BCUT2D eigenvalue weighted by molar-refractivity contribution is 0.0612. The summed E-state index contributed by atoms with van der Waals surface area (Å²) in [6.45, 7) is 3.80. The number of benzene rings is 1. The van der Waals surface area contributed by atoms with Gasteiger partial charge in [-0.25, -0.2) is 4.39 Å². The summed E-state index contributed by atoms with van der Waals surface area (Å²) in [7, 11) is 1.66. The second-order valence-electron chi connectivity index (χ2n) is 5.04. The van der Waals surface area contributed by atoms with E-state index in [0.717, 1.165) is 24.0 Å². The van der Waals surface area contributed by atoms with Gasteiger partial charge in [-0.2, -0.15) is 0 Å². The van der Waals surface area contributed by atoms with Gasteiger partial charge < -0.3 is 10.5 Å². The maximum absolute atomic E-state index is 14.0. The molecule has 2 atom stereocenters. The zero-order valence-corrected chi connectivity index (χ0v) is 10.7. The molecular formula is C14H20FNO. The minimum Gasteiger partial charge on any atom is -0.379 e. The molecule has 1 saturated carbocycles. The molecule has 0 saturated heterocycles. The molecule has 0 radical (unpaired) electrons. The van der Waals surface area contributed by atoms with E-state index in [9.17, 15) is 4.39 Å². The molecule has 0 heterocycles. The van der Waals surface area contributed by atoms with Crippen molar-refractivity contribution in [2.75, 3.05) is 7.11 Å². The number of ether oxygens (including phenoxy) is 1. The maximum Gasteiger partial charge on any atom is 0.128 e. The van der Waals surface area contributed by atoms with E-state index in [2.05, 4.69) is 0 Å². The SMILES string of the molecule is COC(C1CC1)C(N)c1c(C)cc(C)cc1F. The molecule has 0 bridgehead atoms. The van der Waals surface area contributed by atoms with E-state index in [1.807, 2.05) is 19.9 Å². The average Bonchev–Trinajstić information content (AvgIpc) is 3.01. The van der Waals surface area contributed by atoms with Crippen LogP contribution in [-0.4, -0.2) is 13.2 Å². The van der Waals surface area contributed by atoms with E-state index >= 15 is 0 Å². The van der Waals surface area contributed by atoms with Gasteiger partial charge in [0, 0.05) is 12.7 Å². The topological polar surface area (TPSA) is 35.2 Å². The highest BCUT2D eigenvalue weighted by molar-refractivity contribution is 5.35. The predicted molar refractivity (Wildman–Crippen MR) is 66.3 cm³/mol. The monoisotopic (exact) mass is 237 g/mol. The molecule has 2 nitrogen and oxygen atoms in total. The zero-order valence-electron chi connectivity index (χ0n) is 10.7. The van der Waals surface area contributed by atoms with Crippen LogP contribution in [-0.2, 0) is 4.74 Å². The molecule has 2 unspecified atom stereocenters. The van der Waals surface area contributed by atoms with Crippen LogP contribution in [0.3, 0.4) is 0 Å². The van der Waals surface area contributed by atoms with E-state index in [-0.39, 0.29) is 18.0 Å². The maximum atomic E-state index is 14.0. The van der Waals surface area contributed by atoms with Gasteiger partial charge in [0.15, 0.2) is 0 Å². The van der Waals surface area contributed by atoms with E-state index in [1.54, 1.807) is 13.2 Å². The second-order valence-corrected chi connectivity index (χ2v) is 5.04. The van der Waals surface area contributed by atoms with Crippen LogP contribution in [0.2, 0.25) is 0 Å². The van der Waals surface area contributed by atoms with Crippen LogP contribution in [0.5, 0.6) is 0 Å². The summed E-state index contributed by atoms with van der Waals surface area (Å²) in [6.07, 6.45) is 2.21. The first-order valence-corrected chi connectivity index (χ1v) is 6.09. The first-order valence-electron chi connectivity index (χ1n) is 6.09. The van der Waals surface area contributed by atoms with Gasteiger partial charge >= 0.3 is 0 Å². The number of halogens is 1. The fraction of sp³-hybridized carbons (Fsp3) is 0.571. The highest BCUT2D eigenvalue weighted by Gasteiger charge is 2.37. The highest BCUT2D eigenvalue weighted by atomic mass is 19.1. The van der Waals surface area contributed by atoms with Crippen LogP contribution >= 0.6 is 0 Å². The van der Waals surface area contributed by atoms with Crippen molar-refractivity contribution in [1.82, 2.24) is 0 Å². The van der Waals surface area contributed by atoms with Gasteiger partial charge in [0.2, 0.25) is 0 Å². The molecule has 1 aromatic rings. The minimum absolute atomic E-state index is 0.0640. The molecule has 94 valence electrons. The fourth-order valence-electron chi connectivity index (χ4n) is 2.57. The molecule has 1 aliphatic carbocycles. The Balaban J connectivity index is 2.32. The normalized spacial score (nSPS) is 19.1. The third-order valence-corrected chi connectivity index (χ3v) is 3.53. The summed E-state index contributed by atoms with van der Waals surface area (Å²) < 4.78 is 19.4. The van der Waals surface area contributed by atoms with Crippen molar-refractivity contribution in [3.63, 3.8) is 0 Å². The van der Waals surface area contributed by atoms with Crippen molar-refractivity contribution in [3.8, 4) is 0 Å². The lowest BCUT2D eigenvalue weighted by atomic mass is 9.93. The summed E-state index contributed by atoms with van der Waals surface area (Å²) in [5, 5.41) is 0. The van der Waals surface area contributed by atoms with Crippen molar-refractivity contribution in [1.29, 1.82) is 0 Å². The number of aryl methyl sites for hydroxylation is 2. The third kappa shape index (κ3) is 2.50. The molecule has 3 heteroatoms. The predicted octanol–water partition coefficient (Wildman–Crippen LogP) is 2.87. The Morgan fingerprint density at radius 1 is 1.35 bits per heavy atom. The Kier molecular flexibility index (Phi) is 3.50. The van der Waals surface area contributed by atoms with Crippen LogP contribution in [0.4, 0.5) is 4.39 Å². The summed E-state index contributed by atoms with van der Waals surface area (Å²) in [5.74, 6) is 0.285. The molecule has 0 spiro atoms. The van der Waals surface area contributed by atoms with Crippen LogP contribution in [0, 0.1) is 25.6 Å². The fourth-order valence-corrected chi connectivity index (χ4v) is 2.57. The van der Waals surface area contributed by atoms with Gasteiger partial charge in [0.1, 0.15) is 5.82 Å². The quantitative estimate of drug-likeness (QED) is 0.874. The van der Waals surface area contributed by atoms with Gasteiger partial charge in [0.05, 0.1) is 12.1 Å². The summed E-state index contributed by atoms with van der Waals surface area (Å²) >= 11 is 0. The van der Waals surface area contributed by atoms with Crippen molar-refractivity contribution in [2.45, 2.75) is 38.8 Å². The Morgan fingerprint density at radius 3 is 2.47 bits per heavy atom. The molecule has 1 aromatic carbocycles.